The van der Waals surface area contributed by atoms with Crippen LogP contribution >= 0.6 is 11.6 Å². The fourth-order valence-electron chi connectivity index (χ4n) is 2.17. The van der Waals surface area contributed by atoms with Gasteiger partial charge in [0.05, 0.1) is 5.69 Å². The number of carbonyl (C=O) groups excluding carboxylic acids is 1. The quantitative estimate of drug-likeness (QED) is 0.766. The molecule has 0 N–H and O–H groups in total. The van der Waals surface area contributed by atoms with Gasteiger partial charge in [-0.25, -0.2) is 0 Å². The number of hydrogen-bond donors (Lipinski definition) is 0. The molecule has 0 atom stereocenters. The van der Waals surface area contributed by atoms with Crippen LogP contribution in [0.5, 0.6) is 0 Å². The van der Waals surface area contributed by atoms with Crippen molar-refractivity contribution in [3.05, 3.63) is 57.9 Å². The van der Waals surface area contributed by atoms with Crippen molar-refractivity contribution in [1.29, 1.82) is 0 Å². The van der Waals surface area contributed by atoms with Crippen molar-refractivity contribution in [1.82, 2.24) is 4.57 Å². The molecular weight excluding hydrogens is 246 g/mol. The van der Waals surface area contributed by atoms with Gasteiger partial charge in [0.1, 0.15) is 0 Å². The summed E-state index contributed by atoms with van der Waals surface area (Å²) in [7, 11) is 0. The van der Waals surface area contributed by atoms with Crippen molar-refractivity contribution in [3.63, 3.8) is 0 Å². The third-order valence-corrected chi connectivity index (χ3v) is 3.43. The minimum absolute atomic E-state index is 0.705. The molecule has 2 aromatic rings. The van der Waals surface area contributed by atoms with Crippen molar-refractivity contribution in [2.75, 3.05) is 0 Å². The van der Waals surface area contributed by atoms with Gasteiger partial charge >= 0.3 is 0 Å². The first-order chi connectivity index (χ1) is 8.65. The van der Waals surface area contributed by atoms with Crippen LogP contribution in [0.4, 0.5) is 0 Å². The van der Waals surface area contributed by atoms with E-state index in [1.807, 2.05) is 31.2 Å². The van der Waals surface area contributed by atoms with Crippen molar-refractivity contribution >= 4 is 17.9 Å². The summed E-state index contributed by atoms with van der Waals surface area (Å²) in [5, 5.41) is 0.729. The molecule has 0 saturated carbocycles. The Morgan fingerprint density at radius 3 is 2.50 bits per heavy atom. The maximum Gasteiger partial charge on any atom is 0.166 e. The van der Waals surface area contributed by atoms with Crippen LogP contribution in [0.3, 0.4) is 0 Å². The maximum atomic E-state index is 11.2. The molecule has 1 aromatic carbocycles. The van der Waals surface area contributed by atoms with Crippen LogP contribution in [0.2, 0.25) is 5.02 Å². The molecule has 2 rings (SSSR count). The van der Waals surface area contributed by atoms with Crippen LogP contribution in [-0.4, -0.2) is 10.9 Å². The molecule has 0 amide bonds. The Morgan fingerprint density at radius 1 is 1.28 bits per heavy atom. The average molecular weight is 262 g/mol. The van der Waals surface area contributed by atoms with Gasteiger partial charge in [0.25, 0.3) is 0 Å². The number of benzene rings is 1. The van der Waals surface area contributed by atoms with E-state index in [4.69, 9.17) is 11.6 Å². The highest BCUT2D eigenvalue weighted by Crippen LogP contribution is 2.18. The summed E-state index contributed by atoms with van der Waals surface area (Å²) in [5.41, 5.74) is 4.15. The van der Waals surface area contributed by atoms with E-state index < -0.39 is 0 Å². The lowest BCUT2D eigenvalue weighted by Gasteiger charge is -2.09. The van der Waals surface area contributed by atoms with Gasteiger partial charge in [0, 0.05) is 17.3 Å². The molecule has 0 bridgehead atoms. The van der Waals surface area contributed by atoms with Crippen LogP contribution in [0.1, 0.15) is 34.2 Å². The topological polar surface area (TPSA) is 22.0 Å². The summed E-state index contributed by atoms with van der Waals surface area (Å²) in [6.45, 7) is 4.80. The lowest BCUT2D eigenvalue weighted by molar-refractivity contribution is 0.111. The first-order valence-electron chi connectivity index (χ1n) is 6.04. The number of hydrogen-bond acceptors (Lipinski definition) is 1. The molecule has 2 nitrogen and oxygen atoms in total. The molecule has 0 spiro atoms. The van der Waals surface area contributed by atoms with Gasteiger partial charge < -0.3 is 4.57 Å². The van der Waals surface area contributed by atoms with E-state index in [-0.39, 0.29) is 0 Å². The third kappa shape index (κ3) is 2.49. The lowest BCUT2D eigenvalue weighted by atomic mass is 10.2. The Bertz CT molecular complexity index is 555. The number of aldehydes is 1. The largest absolute Gasteiger partial charge is 0.338 e. The molecular formula is C15H16ClNO. The molecule has 0 fully saturated rings. The Kier molecular flexibility index (Phi) is 3.87. The van der Waals surface area contributed by atoms with Gasteiger partial charge in [-0.05, 0) is 42.7 Å². The standard InChI is InChI=1S/C15H16ClNO/c1-3-13-8-11(2)17(15(13)10-18)9-12-4-6-14(16)7-5-12/h4-8,10H,3,9H2,1-2H3. The van der Waals surface area contributed by atoms with E-state index in [1.165, 1.54) is 0 Å². The molecule has 3 heteroatoms. The van der Waals surface area contributed by atoms with Crippen LogP contribution in [0.15, 0.2) is 30.3 Å². The summed E-state index contributed by atoms with van der Waals surface area (Å²) in [5.74, 6) is 0. The van der Waals surface area contributed by atoms with E-state index in [1.54, 1.807) is 0 Å². The van der Waals surface area contributed by atoms with Gasteiger partial charge in [-0.2, -0.15) is 0 Å². The lowest BCUT2D eigenvalue weighted by Crippen LogP contribution is -2.06. The van der Waals surface area contributed by atoms with Crippen LogP contribution in [0, 0.1) is 6.92 Å². The Morgan fingerprint density at radius 2 is 1.94 bits per heavy atom. The molecule has 0 aliphatic rings. The zero-order valence-corrected chi connectivity index (χ0v) is 11.4. The van der Waals surface area contributed by atoms with Crippen LogP contribution in [-0.2, 0) is 13.0 Å². The molecule has 0 aliphatic heterocycles. The summed E-state index contributed by atoms with van der Waals surface area (Å²) >= 11 is 5.87. The smallest absolute Gasteiger partial charge is 0.166 e. The fourth-order valence-corrected chi connectivity index (χ4v) is 2.30. The first kappa shape index (κ1) is 12.9. The highest BCUT2D eigenvalue weighted by molar-refractivity contribution is 6.30. The summed E-state index contributed by atoms with van der Waals surface area (Å²) in [6.07, 6.45) is 1.82. The average Bonchev–Trinajstić information content (AvgIpc) is 2.68. The second-order valence-electron chi connectivity index (χ2n) is 4.38. The van der Waals surface area contributed by atoms with Crippen molar-refractivity contribution in [2.24, 2.45) is 0 Å². The predicted molar refractivity (Wildman–Crippen MR) is 74.5 cm³/mol. The molecule has 1 heterocycles. The van der Waals surface area contributed by atoms with E-state index >= 15 is 0 Å². The monoisotopic (exact) mass is 261 g/mol. The summed E-state index contributed by atoms with van der Waals surface area (Å²) < 4.78 is 2.05. The molecule has 1 aromatic heterocycles. The van der Waals surface area contributed by atoms with E-state index in [9.17, 15) is 4.79 Å². The minimum Gasteiger partial charge on any atom is -0.338 e. The van der Waals surface area contributed by atoms with E-state index in [0.717, 1.165) is 40.2 Å². The molecule has 0 aliphatic carbocycles. The Labute approximate surface area is 112 Å². The number of halogens is 1. The molecule has 18 heavy (non-hydrogen) atoms. The zero-order valence-electron chi connectivity index (χ0n) is 10.6. The Balaban J connectivity index is 2.36. The molecule has 0 radical (unpaired) electrons. The Hall–Kier alpha value is -1.54. The van der Waals surface area contributed by atoms with Crippen molar-refractivity contribution < 1.29 is 4.79 Å². The van der Waals surface area contributed by atoms with E-state index in [0.29, 0.717) is 6.54 Å². The van der Waals surface area contributed by atoms with E-state index in [2.05, 4.69) is 17.6 Å². The number of nitrogens with zero attached hydrogens (tertiary/aromatic N) is 1. The van der Waals surface area contributed by atoms with Crippen molar-refractivity contribution in [2.45, 2.75) is 26.8 Å². The van der Waals surface area contributed by atoms with Crippen molar-refractivity contribution in [3.8, 4) is 0 Å². The first-order valence-corrected chi connectivity index (χ1v) is 6.42. The third-order valence-electron chi connectivity index (χ3n) is 3.18. The second kappa shape index (κ2) is 5.40. The fraction of sp³-hybridized carbons (Fsp3) is 0.267. The normalized spacial score (nSPS) is 10.6. The number of aromatic nitrogens is 1. The van der Waals surface area contributed by atoms with Gasteiger partial charge in [-0.1, -0.05) is 30.7 Å². The highest BCUT2D eigenvalue weighted by Gasteiger charge is 2.10. The van der Waals surface area contributed by atoms with Crippen LogP contribution < -0.4 is 0 Å². The molecule has 0 saturated heterocycles. The second-order valence-corrected chi connectivity index (χ2v) is 4.82. The highest BCUT2D eigenvalue weighted by atomic mass is 35.5. The van der Waals surface area contributed by atoms with Gasteiger partial charge in [0.2, 0.25) is 0 Å². The number of carbonyl (C=O) groups is 1. The van der Waals surface area contributed by atoms with Gasteiger partial charge in [-0.15, -0.1) is 0 Å². The predicted octanol–water partition coefficient (Wildman–Crippen LogP) is 3.87. The van der Waals surface area contributed by atoms with Gasteiger partial charge in [0.15, 0.2) is 6.29 Å². The van der Waals surface area contributed by atoms with Crippen LogP contribution in [0.25, 0.3) is 0 Å². The zero-order chi connectivity index (χ0) is 13.1. The van der Waals surface area contributed by atoms with Gasteiger partial charge in [-0.3, -0.25) is 4.79 Å². The number of aryl methyl sites for hydroxylation is 2. The number of rotatable bonds is 4. The summed E-state index contributed by atoms with van der Waals surface area (Å²) in [4.78, 5) is 11.2. The summed E-state index contributed by atoms with van der Waals surface area (Å²) in [6, 6.07) is 9.80. The molecule has 94 valence electrons. The molecule has 0 unspecified atom stereocenters. The maximum absolute atomic E-state index is 11.2. The minimum atomic E-state index is 0.705. The SMILES string of the molecule is CCc1cc(C)n(Cc2ccc(Cl)cc2)c1C=O.